The summed E-state index contributed by atoms with van der Waals surface area (Å²) in [6, 6.07) is 4.40. The van der Waals surface area contributed by atoms with Crippen LogP contribution < -0.4 is 10.6 Å². The minimum atomic E-state index is 0.313. The summed E-state index contributed by atoms with van der Waals surface area (Å²) in [5.74, 6) is 0.856. The number of rotatable bonds is 2. The Bertz CT molecular complexity index is 596. The summed E-state index contributed by atoms with van der Waals surface area (Å²) in [5.41, 5.74) is 8.06. The van der Waals surface area contributed by atoms with E-state index in [9.17, 15) is 0 Å². The summed E-state index contributed by atoms with van der Waals surface area (Å²) in [6.07, 6.45) is 2.85. The first kappa shape index (κ1) is 12.9. The molecule has 1 aliphatic rings. The molecule has 0 amide bonds. The van der Waals surface area contributed by atoms with E-state index in [1.54, 1.807) is 6.20 Å². The van der Waals surface area contributed by atoms with Gasteiger partial charge in [0, 0.05) is 24.2 Å². The summed E-state index contributed by atoms with van der Waals surface area (Å²) < 4.78 is 0. The first-order valence-corrected chi connectivity index (χ1v) is 7.64. The normalized spacial score (nSPS) is 18.5. The molecule has 3 heterocycles. The molecule has 19 heavy (non-hydrogen) atoms. The number of nitrogens with zero attached hydrogens (tertiary/aromatic N) is 2. The number of hydrogen-bond donors (Lipinski definition) is 1. The average molecular weight is 294 g/mol. The van der Waals surface area contributed by atoms with E-state index in [1.165, 1.54) is 10.4 Å². The van der Waals surface area contributed by atoms with Crippen molar-refractivity contribution in [2.45, 2.75) is 25.9 Å². The van der Waals surface area contributed by atoms with Crippen molar-refractivity contribution >= 4 is 28.8 Å². The number of nitrogens with two attached hydrogens (primary N) is 1. The van der Waals surface area contributed by atoms with Crippen molar-refractivity contribution < 1.29 is 0 Å². The second-order valence-corrected chi connectivity index (χ2v) is 6.11. The smallest absolute Gasteiger partial charge is 0.148 e. The van der Waals surface area contributed by atoms with E-state index in [0.717, 1.165) is 24.3 Å². The lowest BCUT2D eigenvalue weighted by molar-refractivity contribution is 0.624. The third-order valence-corrected chi connectivity index (χ3v) is 5.13. The molecule has 0 radical (unpaired) electrons. The molecule has 1 unspecified atom stereocenters. The summed E-state index contributed by atoms with van der Waals surface area (Å²) >= 11 is 8.27. The van der Waals surface area contributed by atoms with Crippen LogP contribution in [0.2, 0.25) is 5.02 Å². The molecule has 3 rings (SSSR count). The van der Waals surface area contributed by atoms with Crippen LogP contribution in [-0.2, 0) is 13.0 Å². The fourth-order valence-corrected chi connectivity index (χ4v) is 3.89. The van der Waals surface area contributed by atoms with Crippen LogP contribution in [0.3, 0.4) is 0 Å². The maximum absolute atomic E-state index is 6.43. The van der Waals surface area contributed by atoms with Crippen molar-refractivity contribution in [1.82, 2.24) is 4.98 Å². The molecule has 1 atom stereocenters. The number of pyridine rings is 1. The molecule has 0 saturated heterocycles. The van der Waals surface area contributed by atoms with Crippen molar-refractivity contribution in [2.24, 2.45) is 5.73 Å². The van der Waals surface area contributed by atoms with E-state index in [-0.39, 0.29) is 0 Å². The average Bonchev–Trinajstić information content (AvgIpc) is 2.89. The van der Waals surface area contributed by atoms with Gasteiger partial charge >= 0.3 is 0 Å². The predicted molar refractivity (Wildman–Crippen MR) is 80.9 cm³/mol. The molecule has 2 aromatic rings. The number of aromatic nitrogens is 1. The molecule has 0 fully saturated rings. The highest BCUT2D eigenvalue weighted by atomic mass is 35.5. The summed E-state index contributed by atoms with van der Waals surface area (Å²) in [5, 5.41) is 2.85. The SMILES string of the molecule is CC1c2ccsc2CCN1c1nccc(CN)c1Cl. The topological polar surface area (TPSA) is 42.2 Å². The molecule has 100 valence electrons. The van der Waals surface area contributed by atoms with Crippen LogP contribution >= 0.6 is 22.9 Å². The lowest BCUT2D eigenvalue weighted by Crippen LogP contribution is -2.34. The van der Waals surface area contributed by atoms with Crippen LogP contribution in [0.4, 0.5) is 5.82 Å². The van der Waals surface area contributed by atoms with Gasteiger partial charge in [-0.2, -0.15) is 0 Å². The zero-order valence-corrected chi connectivity index (χ0v) is 12.3. The maximum Gasteiger partial charge on any atom is 0.148 e. The Morgan fingerprint density at radius 1 is 1.53 bits per heavy atom. The molecule has 5 heteroatoms. The van der Waals surface area contributed by atoms with Gasteiger partial charge in [-0.25, -0.2) is 4.98 Å². The standard InChI is InChI=1S/C14H16ClN3S/c1-9-11-4-7-19-12(11)3-6-18(9)14-13(15)10(8-16)2-5-17-14/h2,4-5,7,9H,3,6,8,16H2,1H3. The Morgan fingerprint density at radius 2 is 2.37 bits per heavy atom. The number of hydrogen-bond acceptors (Lipinski definition) is 4. The summed E-state index contributed by atoms with van der Waals surface area (Å²) in [6.45, 7) is 3.60. The molecule has 1 aliphatic heterocycles. The summed E-state index contributed by atoms with van der Waals surface area (Å²) in [4.78, 5) is 8.22. The Balaban J connectivity index is 2.00. The van der Waals surface area contributed by atoms with Gasteiger partial charge in [0.15, 0.2) is 0 Å². The second-order valence-electron chi connectivity index (χ2n) is 4.73. The Morgan fingerprint density at radius 3 is 3.16 bits per heavy atom. The monoisotopic (exact) mass is 293 g/mol. The Labute approximate surface area is 122 Å². The molecule has 3 nitrogen and oxygen atoms in total. The molecule has 2 aromatic heterocycles. The van der Waals surface area contributed by atoms with Crippen molar-refractivity contribution in [3.8, 4) is 0 Å². The minimum absolute atomic E-state index is 0.313. The van der Waals surface area contributed by atoms with Gasteiger partial charge in [-0.1, -0.05) is 11.6 Å². The van der Waals surface area contributed by atoms with Gasteiger partial charge < -0.3 is 10.6 Å². The largest absolute Gasteiger partial charge is 0.348 e. The van der Waals surface area contributed by atoms with Crippen LogP contribution in [0.15, 0.2) is 23.7 Å². The highest BCUT2D eigenvalue weighted by molar-refractivity contribution is 7.10. The van der Waals surface area contributed by atoms with Gasteiger partial charge in [-0.05, 0) is 42.0 Å². The molecular weight excluding hydrogens is 278 g/mol. The van der Waals surface area contributed by atoms with Gasteiger partial charge in [0.2, 0.25) is 0 Å². The zero-order valence-electron chi connectivity index (χ0n) is 10.8. The Hall–Kier alpha value is -1.10. The van der Waals surface area contributed by atoms with E-state index in [0.29, 0.717) is 17.6 Å². The molecule has 0 saturated carbocycles. The number of thiophene rings is 1. The van der Waals surface area contributed by atoms with Crippen molar-refractivity contribution in [2.75, 3.05) is 11.4 Å². The van der Waals surface area contributed by atoms with Gasteiger partial charge in [-0.15, -0.1) is 11.3 Å². The van der Waals surface area contributed by atoms with Crippen LogP contribution in [0.25, 0.3) is 0 Å². The number of fused-ring (bicyclic) bond motifs is 1. The number of anilines is 1. The van der Waals surface area contributed by atoms with Gasteiger partial charge in [0.25, 0.3) is 0 Å². The molecule has 0 bridgehead atoms. The van der Waals surface area contributed by atoms with Crippen LogP contribution in [0.1, 0.15) is 29.0 Å². The van der Waals surface area contributed by atoms with Gasteiger partial charge in [-0.3, -0.25) is 0 Å². The quantitative estimate of drug-likeness (QED) is 0.923. The van der Waals surface area contributed by atoms with E-state index in [1.807, 2.05) is 17.4 Å². The first-order valence-electron chi connectivity index (χ1n) is 6.38. The van der Waals surface area contributed by atoms with E-state index < -0.39 is 0 Å². The van der Waals surface area contributed by atoms with Crippen molar-refractivity contribution in [3.63, 3.8) is 0 Å². The summed E-state index contributed by atoms with van der Waals surface area (Å²) in [7, 11) is 0. The zero-order chi connectivity index (χ0) is 13.4. The van der Waals surface area contributed by atoms with Gasteiger partial charge in [0.05, 0.1) is 11.1 Å². The Kier molecular flexibility index (Phi) is 3.48. The predicted octanol–water partition coefficient (Wildman–Crippen LogP) is 3.38. The fraction of sp³-hybridized carbons (Fsp3) is 0.357. The maximum atomic E-state index is 6.43. The number of halogens is 1. The van der Waals surface area contributed by atoms with E-state index >= 15 is 0 Å². The highest BCUT2D eigenvalue weighted by Crippen LogP contribution is 2.38. The third kappa shape index (κ3) is 2.14. The van der Waals surface area contributed by atoms with E-state index in [4.69, 9.17) is 17.3 Å². The minimum Gasteiger partial charge on any atom is -0.348 e. The highest BCUT2D eigenvalue weighted by Gasteiger charge is 2.27. The fourth-order valence-electron chi connectivity index (χ4n) is 2.63. The first-order chi connectivity index (χ1) is 9.22. The van der Waals surface area contributed by atoms with Crippen LogP contribution in [0, 0.1) is 0 Å². The molecule has 0 spiro atoms. The molecule has 0 aliphatic carbocycles. The molecule has 0 aromatic carbocycles. The van der Waals surface area contributed by atoms with E-state index in [2.05, 4.69) is 28.3 Å². The van der Waals surface area contributed by atoms with Crippen LogP contribution in [-0.4, -0.2) is 11.5 Å². The third-order valence-electron chi connectivity index (χ3n) is 3.72. The lowest BCUT2D eigenvalue weighted by atomic mass is 10.0. The lowest BCUT2D eigenvalue weighted by Gasteiger charge is -2.35. The second kappa shape index (κ2) is 5.12. The molecule has 2 N–H and O–H groups in total. The molecular formula is C14H16ClN3S. The van der Waals surface area contributed by atoms with Crippen molar-refractivity contribution in [1.29, 1.82) is 0 Å². The van der Waals surface area contributed by atoms with Gasteiger partial charge in [0.1, 0.15) is 5.82 Å². The van der Waals surface area contributed by atoms with Crippen LogP contribution in [0.5, 0.6) is 0 Å². The van der Waals surface area contributed by atoms with Crippen molar-refractivity contribution in [3.05, 3.63) is 44.7 Å².